The Balaban J connectivity index is 2.16. The van der Waals surface area contributed by atoms with E-state index in [1.54, 1.807) is 26.1 Å². The Morgan fingerprint density at radius 3 is 2.32 bits per heavy atom. The molecule has 0 aliphatic heterocycles. The van der Waals surface area contributed by atoms with Crippen molar-refractivity contribution in [2.45, 2.75) is 64.2 Å². The summed E-state index contributed by atoms with van der Waals surface area (Å²) < 4.78 is 37.1. The lowest BCUT2D eigenvalue weighted by molar-refractivity contribution is 0.331. The summed E-state index contributed by atoms with van der Waals surface area (Å²) in [6.45, 7) is 13.8. The third kappa shape index (κ3) is 5.84. The molecule has 0 atom stereocenters. The average molecular weight is 538 g/mol. The van der Waals surface area contributed by atoms with Crippen LogP contribution in [0.15, 0.2) is 33.3 Å². The highest BCUT2D eigenvalue weighted by Gasteiger charge is 2.31. The first kappa shape index (κ1) is 28.3. The van der Waals surface area contributed by atoms with Gasteiger partial charge in [-0.3, -0.25) is 4.72 Å². The number of nitrogens with zero attached hydrogens (tertiary/aromatic N) is 7. The lowest BCUT2D eigenvalue weighted by Gasteiger charge is -2.21. The molecule has 0 amide bonds. The Kier molecular flexibility index (Phi) is 7.65. The second-order valence-electron chi connectivity index (χ2n) is 10.6. The van der Waals surface area contributed by atoms with E-state index in [4.69, 9.17) is 15.3 Å². The summed E-state index contributed by atoms with van der Waals surface area (Å²) in [6.07, 6.45) is 0. The smallest absolute Gasteiger partial charge is 0.266 e. The lowest BCUT2D eigenvalue weighted by Crippen LogP contribution is -2.19. The normalized spacial score (nSPS) is 12.4. The maximum absolute atomic E-state index is 13.7. The van der Waals surface area contributed by atoms with Gasteiger partial charge in [0.05, 0.1) is 12.3 Å². The monoisotopic (exact) mass is 537 g/mol. The fourth-order valence-electron chi connectivity index (χ4n) is 3.54. The zero-order valence-corrected chi connectivity index (χ0v) is 23.5. The maximum atomic E-state index is 13.7. The number of rotatable bonds is 7. The van der Waals surface area contributed by atoms with Crippen molar-refractivity contribution < 1.29 is 13.2 Å². The minimum atomic E-state index is -4.17. The molecule has 0 saturated heterocycles. The molecule has 0 unspecified atom stereocenters. The van der Waals surface area contributed by atoms with Crippen LogP contribution in [0.4, 0.5) is 17.5 Å². The fourth-order valence-corrected chi connectivity index (χ4v) is 4.80. The van der Waals surface area contributed by atoms with Gasteiger partial charge in [0.15, 0.2) is 22.9 Å². The van der Waals surface area contributed by atoms with Crippen LogP contribution in [0.5, 0.6) is 5.75 Å². The summed E-state index contributed by atoms with van der Waals surface area (Å²) in [7, 11) is -2.57. The highest BCUT2D eigenvalue weighted by Crippen LogP contribution is 2.39. The Morgan fingerprint density at radius 1 is 1.11 bits per heavy atom. The number of aryl methyl sites for hydroxylation is 1. The largest absolute Gasteiger partial charge is 0.492 e. The van der Waals surface area contributed by atoms with Gasteiger partial charge in [-0.15, -0.1) is 10.2 Å². The standard InChI is InChI=1S/C25H31N9O3S/c1-9-37-18-11-10-15(24(2,3)4)12-19(18)38(35,36)33-22-20(21(25(5,6)7)32-34(22)8)30-31-23-28-16(13-26)17(14-27)29-23/h10-12,33H,9H2,1-8H3,(H,28,29). The summed E-state index contributed by atoms with van der Waals surface area (Å²) in [6, 6.07) is 8.75. The van der Waals surface area contributed by atoms with Crippen molar-refractivity contribution in [2.24, 2.45) is 17.3 Å². The van der Waals surface area contributed by atoms with Crippen LogP contribution >= 0.6 is 0 Å². The van der Waals surface area contributed by atoms with Crippen molar-refractivity contribution in [2.75, 3.05) is 11.3 Å². The number of sulfonamides is 1. The number of benzene rings is 1. The Bertz CT molecular complexity index is 1540. The zero-order chi connectivity index (χ0) is 28.5. The molecule has 2 heterocycles. The molecule has 200 valence electrons. The van der Waals surface area contributed by atoms with Crippen LogP contribution < -0.4 is 9.46 Å². The Labute approximate surface area is 222 Å². The van der Waals surface area contributed by atoms with E-state index in [2.05, 4.69) is 30.0 Å². The summed E-state index contributed by atoms with van der Waals surface area (Å²) in [5, 5.41) is 31.1. The van der Waals surface area contributed by atoms with E-state index in [1.807, 2.05) is 59.7 Å². The first-order chi connectivity index (χ1) is 17.6. The van der Waals surface area contributed by atoms with Gasteiger partial charge in [-0.25, -0.2) is 13.1 Å². The number of H-pyrrole nitrogens is 1. The molecule has 2 aromatic heterocycles. The SMILES string of the molecule is CCOc1ccc(C(C)(C)C)cc1S(=O)(=O)Nc1c(N=Nc2nc(C#N)c(C#N)[nH]2)c(C(C)(C)C)nn1C. The van der Waals surface area contributed by atoms with Gasteiger partial charge in [-0.1, -0.05) is 47.6 Å². The van der Waals surface area contributed by atoms with E-state index < -0.39 is 15.4 Å². The molecule has 0 spiro atoms. The first-order valence-corrected chi connectivity index (χ1v) is 13.3. The molecule has 0 aliphatic carbocycles. The number of imidazole rings is 1. The van der Waals surface area contributed by atoms with Gasteiger partial charge < -0.3 is 9.72 Å². The average Bonchev–Trinajstić information content (AvgIpc) is 3.37. The van der Waals surface area contributed by atoms with Crippen molar-refractivity contribution in [3.8, 4) is 17.9 Å². The number of nitrogens with one attached hydrogen (secondary N) is 2. The second kappa shape index (κ2) is 10.3. The summed E-state index contributed by atoms with van der Waals surface area (Å²) in [5.74, 6) is 0.222. The summed E-state index contributed by atoms with van der Waals surface area (Å²) in [5.41, 5.74) is 0.467. The van der Waals surface area contributed by atoms with Crippen molar-refractivity contribution in [1.82, 2.24) is 19.7 Å². The molecule has 3 aromatic rings. The molecular formula is C25H31N9O3S. The number of azo groups is 1. The van der Waals surface area contributed by atoms with Gasteiger partial charge >= 0.3 is 0 Å². The van der Waals surface area contributed by atoms with Gasteiger partial charge in [-0.2, -0.15) is 20.6 Å². The second-order valence-corrected chi connectivity index (χ2v) is 12.2. The topological polar surface area (TPSA) is 174 Å². The van der Waals surface area contributed by atoms with E-state index in [1.165, 1.54) is 4.68 Å². The van der Waals surface area contributed by atoms with Gasteiger partial charge in [0.25, 0.3) is 10.0 Å². The van der Waals surface area contributed by atoms with Crippen molar-refractivity contribution in [3.05, 3.63) is 40.8 Å². The maximum Gasteiger partial charge on any atom is 0.266 e. The molecular weight excluding hydrogens is 506 g/mol. The molecule has 38 heavy (non-hydrogen) atoms. The minimum Gasteiger partial charge on any atom is -0.492 e. The van der Waals surface area contributed by atoms with Crippen molar-refractivity contribution >= 4 is 27.5 Å². The third-order valence-corrected chi connectivity index (χ3v) is 6.88. The van der Waals surface area contributed by atoms with Crippen LogP contribution in [0.3, 0.4) is 0 Å². The molecule has 1 aromatic carbocycles. The molecule has 12 nitrogen and oxygen atoms in total. The van der Waals surface area contributed by atoms with Crippen LogP contribution in [0, 0.1) is 22.7 Å². The molecule has 0 fully saturated rings. The van der Waals surface area contributed by atoms with E-state index in [0.29, 0.717) is 5.69 Å². The van der Waals surface area contributed by atoms with Crippen molar-refractivity contribution in [3.63, 3.8) is 0 Å². The van der Waals surface area contributed by atoms with Crippen LogP contribution in [0.25, 0.3) is 0 Å². The number of ether oxygens (including phenoxy) is 1. The molecule has 0 radical (unpaired) electrons. The molecule has 0 bridgehead atoms. The highest BCUT2D eigenvalue weighted by atomic mass is 32.2. The van der Waals surface area contributed by atoms with E-state index in [-0.39, 0.29) is 51.5 Å². The number of anilines is 1. The van der Waals surface area contributed by atoms with Gasteiger partial charge in [0, 0.05) is 12.5 Å². The van der Waals surface area contributed by atoms with Gasteiger partial charge in [0.2, 0.25) is 5.95 Å². The molecule has 0 saturated carbocycles. The van der Waals surface area contributed by atoms with E-state index in [0.717, 1.165) is 5.56 Å². The number of aromatic amines is 1. The van der Waals surface area contributed by atoms with E-state index in [9.17, 15) is 8.42 Å². The molecule has 0 aliphatic rings. The third-order valence-electron chi connectivity index (χ3n) is 5.52. The van der Waals surface area contributed by atoms with Crippen LogP contribution in [-0.2, 0) is 27.9 Å². The molecule has 2 N–H and O–H groups in total. The molecule has 3 rings (SSSR count). The number of hydrogen-bond donors (Lipinski definition) is 2. The predicted octanol–water partition coefficient (Wildman–Crippen LogP) is 5.10. The van der Waals surface area contributed by atoms with Crippen LogP contribution in [0.1, 0.15) is 71.1 Å². The Morgan fingerprint density at radius 2 is 1.79 bits per heavy atom. The number of hydrogen-bond acceptors (Lipinski definition) is 9. The van der Waals surface area contributed by atoms with Crippen LogP contribution in [0.2, 0.25) is 0 Å². The van der Waals surface area contributed by atoms with E-state index >= 15 is 0 Å². The fraction of sp³-hybridized carbons (Fsp3) is 0.440. The number of aromatic nitrogens is 4. The number of nitriles is 2. The summed E-state index contributed by atoms with van der Waals surface area (Å²) in [4.78, 5) is 6.55. The van der Waals surface area contributed by atoms with Gasteiger partial charge in [-0.05, 0) is 30.0 Å². The van der Waals surface area contributed by atoms with Crippen molar-refractivity contribution in [1.29, 1.82) is 10.5 Å². The first-order valence-electron chi connectivity index (χ1n) is 11.8. The summed E-state index contributed by atoms with van der Waals surface area (Å²) >= 11 is 0. The minimum absolute atomic E-state index is 0.0171. The molecule has 13 heteroatoms. The lowest BCUT2D eigenvalue weighted by atomic mass is 9.87. The van der Waals surface area contributed by atoms with Gasteiger partial charge in [0.1, 0.15) is 22.8 Å². The predicted molar refractivity (Wildman–Crippen MR) is 141 cm³/mol. The zero-order valence-electron chi connectivity index (χ0n) is 22.7. The highest BCUT2D eigenvalue weighted by molar-refractivity contribution is 7.92. The quantitative estimate of drug-likeness (QED) is 0.394. The Hall–Kier alpha value is -4.23. The van der Waals surface area contributed by atoms with Crippen LogP contribution in [-0.4, -0.2) is 34.8 Å².